The van der Waals surface area contributed by atoms with Gasteiger partial charge in [-0.05, 0) is 42.9 Å². The van der Waals surface area contributed by atoms with Crippen molar-refractivity contribution >= 4 is 5.69 Å². The first-order valence-electron chi connectivity index (χ1n) is 5.60. The van der Waals surface area contributed by atoms with Gasteiger partial charge in [0.25, 0.3) is 5.69 Å². The highest BCUT2D eigenvalue weighted by Crippen LogP contribution is 2.33. The van der Waals surface area contributed by atoms with E-state index in [1.54, 1.807) is 6.07 Å². The molecule has 1 unspecified atom stereocenters. The van der Waals surface area contributed by atoms with Gasteiger partial charge in [-0.3, -0.25) is 10.1 Å². The Kier molecular flexibility index (Phi) is 3.68. The summed E-state index contributed by atoms with van der Waals surface area (Å²) in [5.41, 5.74) is 3.20. The molecule has 0 fully saturated rings. The Morgan fingerprint density at radius 2 is 1.62 bits per heavy atom. The second kappa shape index (κ2) is 4.64. The van der Waals surface area contributed by atoms with E-state index in [4.69, 9.17) is 0 Å². The molecule has 0 aliphatic heterocycles. The summed E-state index contributed by atoms with van der Waals surface area (Å²) < 4.78 is 0. The number of benzene rings is 1. The third-order valence-corrected chi connectivity index (χ3v) is 3.33. The highest BCUT2D eigenvalue weighted by molar-refractivity contribution is 5.48. The third kappa shape index (κ3) is 2.40. The first kappa shape index (κ1) is 12.7. The van der Waals surface area contributed by atoms with Crippen molar-refractivity contribution in [1.82, 2.24) is 0 Å². The van der Waals surface area contributed by atoms with Crippen LogP contribution in [0.5, 0.6) is 0 Å². The fourth-order valence-corrected chi connectivity index (χ4v) is 1.71. The average Bonchev–Trinajstić information content (AvgIpc) is 2.19. The van der Waals surface area contributed by atoms with Crippen molar-refractivity contribution in [1.29, 1.82) is 0 Å². The number of nitrogens with zero attached hydrogens (tertiary/aromatic N) is 1. The zero-order valence-corrected chi connectivity index (χ0v) is 10.6. The number of rotatable bonds is 3. The molecule has 0 aliphatic rings. The first-order valence-corrected chi connectivity index (χ1v) is 5.60. The van der Waals surface area contributed by atoms with E-state index in [1.807, 2.05) is 26.8 Å². The summed E-state index contributed by atoms with van der Waals surface area (Å²) in [6.45, 7) is 10.1. The Morgan fingerprint density at radius 1 is 1.12 bits per heavy atom. The molecule has 3 nitrogen and oxygen atoms in total. The van der Waals surface area contributed by atoms with Crippen LogP contribution in [0.4, 0.5) is 5.69 Å². The van der Waals surface area contributed by atoms with Crippen LogP contribution >= 0.6 is 0 Å². The highest BCUT2D eigenvalue weighted by Gasteiger charge is 2.22. The quantitative estimate of drug-likeness (QED) is 0.572. The number of aryl methyl sites for hydroxylation is 2. The molecule has 0 saturated heterocycles. The Balaban J connectivity index is 3.36. The number of nitro groups is 1. The van der Waals surface area contributed by atoms with Crippen LogP contribution < -0.4 is 0 Å². The summed E-state index contributed by atoms with van der Waals surface area (Å²) in [6.07, 6.45) is 0. The molecular formula is C13H19NO2. The third-order valence-electron chi connectivity index (χ3n) is 3.33. The summed E-state index contributed by atoms with van der Waals surface area (Å²) in [5.74, 6) is 0.612. The van der Waals surface area contributed by atoms with Crippen molar-refractivity contribution in [3.63, 3.8) is 0 Å². The van der Waals surface area contributed by atoms with Crippen molar-refractivity contribution in [2.45, 2.75) is 40.5 Å². The Bertz CT molecular complexity index is 411. The Hall–Kier alpha value is -1.38. The molecule has 0 heterocycles. The minimum Gasteiger partial charge on any atom is -0.258 e. The van der Waals surface area contributed by atoms with E-state index >= 15 is 0 Å². The predicted octanol–water partition coefficient (Wildman–Crippen LogP) is 3.97. The Labute approximate surface area is 96.6 Å². The maximum atomic E-state index is 11.0. The largest absolute Gasteiger partial charge is 0.273 e. The van der Waals surface area contributed by atoms with E-state index in [2.05, 4.69) is 13.8 Å². The topological polar surface area (TPSA) is 43.1 Å². The minimum absolute atomic E-state index is 0.208. The van der Waals surface area contributed by atoms with Crippen LogP contribution in [0.3, 0.4) is 0 Å². The van der Waals surface area contributed by atoms with Crippen LogP contribution in [0.15, 0.2) is 12.1 Å². The van der Waals surface area contributed by atoms with Gasteiger partial charge < -0.3 is 0 Å². The van der Waals surface area contributed by atoms with E-state index in [-0.39, 0.29) is 16.5 Å². The lowest BCUT2D eigenvalue weighted by Gasteiger charge is -2.17. The van der Waals surface area contributed by atoms with Crippen molar-refractivity contribution in [3.05, 3.63) is 38.9 Å². The van der Waals surface area contributed by atoms with Gasteiger partial charge in [0.05, 0.1) is 4.92 Å². The fraction of sp³-hybridized carbons (Fsp3) is 0.538. The summed E-state index contributed by atoms with van der Waals surface area (Å²) in [7, 11) is 0. The van der Waals surface area contributed by atoms with Crippen LogP contribution in [0.1, 0.15) is 43.4 Å². The Morgan fingerprint density at radius 3 is 2.06 bits per heavy atom. The predicted molar refractivity (Wildman–Crippen MR) is 65.8 cm³/mol. The van der Waals surface area contributed by atoms with E-state index < -0.39 is 0 Å². The maximum absolute atomic E-state index is 11.0. The molecule has 0 spiro atoms. The molecule has 0 aromatic heterocycles. The molecule has 16 heavy (non-hydrogen) atoms. The van der Waals surface area contributed by atoms with Gasteiger partial charge in [-0.15, -0.1) is 0 Å². The van der Waals surface area contributed by atoms with E-state index in [1.165, 1.54) is 0 Å². The zero-order valence-electron chi connectivity index (χ0n) is 10.6. The van der Waals surface area contributed by atoms with Gasteiger partial charge in [0.2, 0.25) is 0 Å². The number of hydrogen-bond donors (Lipinski definition) is 0. The smallest absolute Gasteiger partial charge is 0.258 e. The lowest BCUT2D eigenvalue weighted by molar-refractivity contribution is -0.385. The SMILES string of the molecule is Cc1cc(C(C)C(C)C)c([N+](=O)[O-])cc1C. The van der Waals surface area contributed by atoms with E-state index in [9.17, 15) is 10.1 Å². The molecule has 1 aromatic rings. The molecule has 3 heteroatoms. The van der Waals surface area contributed by atoms with Gasteiger partial charge in [0.1, 0.15) is 0 Å². The van der Waals surface area contributed by atoms with Gasteiger partial charge in [0.15, 0.2) is 0 Å². The lowest BCUT2D eigenvalue weighted by Crippen LogP contribution is -2.06. The summed E-state index contributed by atoms with van der Waals surface area (Å²) in [6, 6.07) is 3.64. The molecule has 1 aromatic carbocycles. The highest BCUT2D eigenvalue weighted by atomic mass is 16.6. The van der Waals surface area contributed by atoms with Crippen LogP contribution in [0.2, 0.25) is 0 Å². The molecule has 0 saturated carbocycles. The van der Waals surface area contributed by atoms with Crippen LogP contribution in [-0.2, 0) is 0 Å². The normalized spacial score (nSPS) is 12.9. The molecule has 0 radical (unpaired) electrons. The fourth-order valence-electron chi connectivity index (χ4n) is 1.71. The standard InChI is InChI=1S/C13H19NO2/c1-8(2)11(5)12-6-9(3)10(4)7-13(12)14(15)16/h6-8,11H,1-5H3. The molecule has 0 amide bonds. The van der Waals surface area contributed by atoms with Crippen molar-refractivity contribution in [2.24, 2.45) is 5.92 Å². The van der Waals surface area contributed by atoms with Crippen LogP contribution in [-0.4, -0.2) is 4.92 Å². The van der Waals surface area contributed by atoms with Crippen LogP contribution in [0, 0.1) is 29.9 Å². The van der Waals surface area contributed by atoms with E-state index in [0.717, 1.165) is 16.7 Å². The maximum Gasteiger partial charge on any atom is 0.273 e. The van der Waals surface area contributed by atoms with Crippen LogP contribution in [0.25, 0.3) is 0 Å². The first-order chi connectivity index (χ1) is 7.34. The zero-order chi connectivity index (χ0) is 12.5. The molecule has 1 atom stereocenters. The molecule has 1 rings (SSSR count). The molecule has 0 bridgehead atoms. The summed E-state index contributed by atoms with van der Waals surface area (Å²) in [5, 5.41) is 11.0. The molecule has 0 aliphatic carbocycles. The van der Waals surface area contributed by atoms with E-state index in [0.29, 0.717) is 5.92 Å². The molecule has 0 N–H and O–H groups in total. The van der Waals surface area contributed by atoms with Gasteiger partial charge in [-0.2, -0.15) is 0 Å². The molecular weight excluding hydrogens is 202 g/mol. The van der Waals surface area contributed by atoms with Crippen molar-refractivity contribution < 1.29 is 4.92 Å². The molecule has 88 valence electrons. The number of nitro benzene ring substituents is 1. The van der Waals surface area contributed by atoms with Gasteiger partial charge in [-0.25, -0.2) is 0 Å². The summed E-state index contributed by atoms with van der Waals surface area (Å²) in [4.78, 5) is 10.7. The monoisotopic (exact) mass is 221 g/mol. The van der Waals surface area contributed by atoms with Gasteiger partial charge >= 0.3 is 0 Å². The lowest BCUT2D eigenvalue weighted by atomic mass is 9.87. The summed E-state index contributed by atoms with van der Waals surface area (Å²) >= 11 is 0. The second-order valence-corrected chi connectivity index (χ2v) is 4.79. The number of hydrogen-bond acceptors (Lipinski definition) is 2. The van der Waals surface area contributed by atoms with Crippen molar-refractivity contribution in [3.8, 4) is 0 Å². The van der Waals surface area contributed by atoms with Crippen molar-refractivity contribution in [2.75, 3.05) is 0 Å². The average molecular weight is 221 g/mol. The van der Waals surface area contributed by atoms with Gasteiger partial charge in [0, 0.05) is 11.6 Å². The minimum atomic E-state index is -0.277. The van der Waals surface area contributed by atoms with Gasteiger partial charge in [-0.1, -0.05) is 20.8 Å². The second-order valence-electron chi connectivity index (χ2n) is 4.79.